The van der Waals surface area contributed by atoms with E-state index in [0.29, 0.717) is 6.04 Å². The molecule has 0 saturated carbocycles. The molecule has 0 amide bonds. The van der Waals surface area contributed by atoms with Crippen LogP contribution in [0.3, 0.4) is 0 Å². The third kappa shape index (κ3) is 3.88. The second-order valence-electron chi connectivity index (χ2n) is 3.89. The van der Waals surface area contributed by atoms with Crippen LogP contribution in [0.15, 0.2) is 23.1 Å². The number of aryl methyl sites for hydroxylation is 1. The summed E-state index contributed by atoms with van der Waals surface area (Å²) in [5.74, 6) is 1.13. The highest BCUT2D eigenvalue weighted by Crippen LogP contribution is 2.21. The molecule has 0 aliphatic heterocycles. The van der Waals surface area contributed by atoms with Gasteiger partial charge in [0.15, 0.2) is 0 Å². The average Bonchev–Trinajstić information content (AvgIpc) is 2.22. The third-order valence-corrected chi connectivity index (χ3v) is 3.51. The summed E-state index contributed by atoms with van der Waals surface area (Å²) in [4.78, 5) is 1.36. The molecule has 0 aromatic heterocycles. The van der Waals surface area contributed by atoms with E-state index in [1.54, 1.807) is 0 Å². The maximum absolute atomic E-state index is 5.97. The van der Waals surface area contributed by atoms with Gasteiger partial charge in [0.05, 0.1) is 0 Å². The molecule has 1 rings (SSSR count). The smallest absolute Gasteiger partial charge is 0.00767 e. The van der Waals surface area contributed by atoms with Crippen LogP contribution in [0.4, 0.5) is 0 Å². The van der Waals surface area contributed by atoms with E-state index < -0.39 is 0 Å². The Bertz CT molecular complexity index is 309. The van der Waals surface area contributed by atoms with E-state index in [-0.39, 0.29) is 0 Å². The van der Waals surface area contributed by atoms with Crippen molar-refractivity contribution >= 4 is 11.8 Å². The van der Waals surface area contributed by atoms with E-state index in [9.17, 15) is 0 Å². The van der Waals surface area contributed by atoms with Crippen molar-refractivity contribution in [2.24, 2.45) is 5.73 Å². The summed E-state index contributed by atoms with van der Waals surface area (Å²) >= 11 is 1.89. The molecular formula is C13H21NS. The zero-order chi connectivity index (χ0) is 11.3. The SMILES string of the molecule is CCSc1ccc(CC(N)CC)c(C)c1. The van der Waals surface area contributed by atoms with Crippen LogP contribution in [0, 0.1) is 6.92 Å². The van der Waals surface area contributed by atoms with Crippen LogP contribution in [0.25, 0.3) is 0 Å². The molecule has 0 fully saturated rings. The van der Waals surface area contributed by atoms with Gasteiger partial charge in [0, 0.05) is 10.9 Å². The summed E-state index contributed by atoms with van der Waals surface area (Å²) in [6, 6.07) is 7.00. The maximum atomic E-state index is 5.97. The molecule has 84 valence electrons. The van der Waals surface area contributed by atoms with Gasteiger partial charge in [-0.25, -0.2) is 0 Å². The molecule has 1 aromatic carbocycles. The summed E-state index contributed by atoms with van der Waals surface area (Å²) in [6.45, 7) is 6.50. The van der Waals surface area contributed by atoms with Crippen molar-refractivity contribution in [2.45, 2.75) is 44.6 Å². The molecule has 0 saturated heterocycles. The van der Waals surface area contributed by atoms with Crippen LogP contribution < -0.4 is 5.73 Å². The Morgan fingerprint density at radius 1 is 1.33 bits per heavy atom. The van der Waals surface area contributed by atoms with E-state index in [0.717, 1.165) is 18.6 Å². The van der Waals surface area contributed by atoms with Gasteiger partial charge in [0.1, 0.15) is 0 Å². The van der Waals surface area contributed by atoms with E-state index in [4.69, 9.17) is 5.73 Å². The second kappa shape index (κ2) is 6.19. The van der Waals surface area contributed by atoms with Gasteiger partial charge in [0.25, 0.3) is 0 Å². The van der Waals surface area contributed by atoms with Gasteiger partial charge in [0.2, 0.25) is 0 Å². The first-order chi connectivity index (χ1) is 7.17. The van der Waals surface area contributed by atoms with Crippen LogP contribution >= 0.6 is 11.8 Å². The Hall–Kier alpha value is -0.470. The quantitative estimate of drug-likeness (QED) is 0.774. The molecule has 0 aliphatic carbocycles. The summed E-state index contributed by atoms with van der Waals surface area (Å²) in [6.07, 6.45) is 2.05. The first-order valence-corrected chi connectivity index (χ1v) is 6.63. The minimum atomic E-state index is 0.299. The van der Waals surface area contributed by atoms with Gasteiger partial charge in [-0.05, 0) is 48.8 Å². The Labute approximate surface area is 97.4 Å². The number of nitrogens with two attached hydrogens (primary N) is 1. The molecular weight excluding hydrogens is 202 g/mol. The molecule has 0 spiro atoms. The lowest BCUT2D eigenvalue weighted by Crippen LogP contribution is -2.21. The lowest BCUT2D eigenvalue weighted by Gasteiger charge is -2.12. The molecule has 0 aliphatic rings. The van der Waals surface area contributed by atoms with Gasteiger partial charge < -0.3 is 5.73 Å². The second-order valence-corrected chi connectivity index (χ2v) is 5.23. The number of benzene rings is 1. The fraction of sp³-hybridized carbons (Fsp3) is 0.538. The molecule has 0 heterocycles. The van der Waals surface area contributed by atoms with Gasteiger partial charge in [-0.3, -0.25) is 0 Å². The van der Waals surface area contributed by atoms with Crippen molar-refractivity contribution in [3.8, 4) is 0 Å². The first kappa shape index (κ1) is 12.6. The van der Waals surface area contributed by atoms with Crippen LogP contribution in [-0.2, 0) is 6.42 Å². The zero-order valence-corrected chi connectivity index (χ0v) is 10.7. The molecule has 2 heteroatoms. The molecule has 15 heavy (non-hydrogen) atoms. The van der Waals surface area contributed by atoms with Crippen molar-refractivity contribution in [3.05, 3.63) is 29.3 Å². The van der Waals surface area contributed by atoms with Crippen LogP contribution in [0.2, 0.25) is 0 Å². The van der Waals surface area contributed by atoms with Crippen LogP contribution in [-0.4, -0.2) is 11.8 Å². The Morgan fingerprint density at radius 2 is 2.07 bits per heavy atom. The van der Waals surface area contributed by atoms with Gasteiger partial charge in [-0.15, -0.1) is 11.8 Å². The average molecular weight is 223 g/mol. The standard InChI is InChI=1S/C13H21NS/c1-4-12(14)9-11-6-7-13(15-5-2)8-10(11)3/h6-8,12H,4-5,9,14H2,1-3H3. The monoisotopic (exact) mass is 223 g/mol. The van der Waals surface area contributed by atoms with Crippen molar-refractivity contribution in [1.82, 2.24) is 0 Å². The normalized spacial score (nSPS) is 12.8. The number of hydrogen-bond acceptors (Lipinski definition) is 2. The highest BCUT2D eigenvalue weighted by atomic mass is 32.2. The summed E-state index contributed by atoms with van der Waals surface area (Å²) in [5.41, 5.74) is 8.73. The van der Waals surface area contributed by atoms with Gasteiger partial charge in [-0.1, -0.05) is 19.9 Å². The maximum Gasteiger partial charge on any atom is 0.00767 e. The molecule has 2 N–H and O–H groups in total. The minimum absolute atomic E-state index is 0.299. The molecule has 1 atom stereocenters. The van der Waals surface area contributed by atoms with Crippen LogP contribution in [0.1, 0.15) is 31.4 Å². The largest absolute Gasteiger partial charge is 0.327 e. The molecule has 0 bridgehead atoms. The topological polar surface area (TPSA) is 26.0 Å². The van der Waals surface area contributed by atoms with Crippen molar-refractivity contribution in [1.29, 1.82) is 0 Å². The molecule has 1 unspecified atom stereocenters. The van der Waals surface area contributed by atoms with Crippen molar-refractivity contribution < 1.29 is 0 Å². The highest BCUT2D eigenvalue weighted by molar-refractivity contribution is 7.99. The number of thioether (sulfide) groups is 1. The van der Waals surface area contributed by atoms with Crippen molar-refractivity contribution in [2.75, 3.05) is 5.75 Å². The molecule has 1 aromatic rings. The lowest BCUT2D eigenvalue weighted by atomic mass is 10.0. The Kier molecular flexibility index (Phi) is 5.20. The van der Waals surface area contributed by atoms with E-state index in [1.807, 2.05) is 11.8 Å². The van der Waals surface area contributed by atoms with Crippen molar-refractivity contribution in [3.63, 3.8) is 0 Å². The fourth-order valence-corrected chi connectivity index (χ4v) is 2.34. The number of hydrogen-bond donors (Lipinski definition) is 1. The predicted octanol–water partition coefficient (Wildman–Crippen LogP) is 3.39. The van der Waals surface area contributed by atoms with Gasteiger partial charge >= 0.3 is 0 Å². The van der Waals surface area contributed by atoms with E-state index in [1.165, 1.54) is 16.0 Å². The summed E-state index contributed by atoms with van der Waals surface area (Å²) in [5, 5.41) is 0. The fourth-order valence-electron chi connectivity index (χ4n) is 1.58. The highest BCUT2D eigenvalue weighted by Gasteiger charge is 2.04. The first-order valence-electron chi connectivity index (χ1n) is 5.65. The molecule has 1 nitrogen and oxygen atoms in total. The zero-order valence-electron chi connectivity index (χ0n) is 9.92. The Balaban J connectivity index is 2.74. The minimum Gasteiger partial charge on any atom is -0.327 e. The van der Waals surface area contributed by atoms with E-state index in [2.05, 4.69) is 39.0 Å². The van der Waals surface area contributed by atoms with E-state index >= 15 is 0 Å². The third-order valence-electron chi connectivity index (χ3n) is 2.63. The van der Waals surface area contributed by atoms with Gasteiger partial charge in [-0.2, -0.15) is 0 Å². The number of rotatable bonds is 5. The molecule has 0 radical (unpaired) electrons. The predicted molar refractivity (Wildman–Crippen MR) is 69.5 cm³/mol. The van der Waals surface area contributed by atoms with Crippen LogP contribution in [0.5, 0.6) is 0 Å². The summed E-state index contributed by atoms with van der Waals surface area (Å²) in [7, 11) is 0. The summed E-state index contributed by atoms with van der Waals surface area (Å²) < 4.78 is 0. The Morgan fingerprint density at radius 3 is 2.60 bits per heavy atom. The lowest BCUT2D eigenvalue weighted by molar-refractivity contribution is 0.644.